The number of nitrogens with one attached hydrogen (secondary N) is 1. The van der Waals surface area contributed by atoms with Crippen LogP contribution in [0.4, 0.5) is 11.5 Å². The quantitative estimate of drug-likeness (QED) is 0.578. The number of nitro groups is 1. The first-order valence-electron chi connectivity index (χ1n) is 6.06. The van der Waals surface area contributed by atoms with Gasteiger partial charge in [0.1, 0.15) is 0 Å². The first-order chi connectivity index (χ1) is 8.99. The number of pyridine rings is 1. The summed E-state index contributed by atoms with van der Waals surface area (Å²) in [6.07, 6.45) is 0.494. The number of aliphatic hydroxyl groups is 1. The molecule has 1 aromatic rings. The molecule has 1 aromatic heterocycles. The molecule has 7 nitrogen and oxygen atoms in total. The summed E-state index contributed by atoms with van der Waals surface area (Å²) in [6, 6.07) is 2.70. The van der Waals surface area contributed by atoms with Crippen molar-refractivity contribution in [2.75, 3.05) is 19.0 Å². The van der Waals surface area contributed by atoms with Crippen LogP contribution in [0.15, 0.2) is 12.1 Å². The van der Waals surface area contributed by atoms with Gasteiger partial charge in [0.2, 0.25) is 11.7 Å². The molecular formula is C12H19N3O4. The molecule has 0 aliphatic rings. The summed E-state index contributed by atoms with van der Waals surface area (Å²) in [5.41, 5.74) is -0.107. The molecule has 1 heterocycles. The maximum absolute atomic E-state index is 11.0. The summed E-state index contributed by atoms with van der Waals surface area (Å²) in [5, 5.41) is 23.0. The average molecular weight is 269 g/mol. The van der Waals surface area contributed by atoms with Crippen LogP contribution in [0.2, 0.25) is 0 Å². The molecule has 1 rings (SSSR count). The van der Waals surface area contributed by atoms with Gasteiger partial charge >= 0.3 is 5.69 Å². The van der Waals surface area contributed by atoms with Gasteiger partial charge in [-0.05, 0) is 12.3 Å². The van der Waals surface area contributed by atoms with E-state index in [0.717, 1.165) is 0 Å². The molecule has 0 spiro atoms. The lowest BCUT2D eigenvalue weighted by atomic mass is 10.0. The Bertz CT molecular complexity index is 437. The summed E-state index contributed by atoms with van der Waals surface area (Å²) < 4.78 is 4.97. The van der Waals surface area contributed by atoms with E-state index in [0.29, 0.717) is 12.3 Å². The van der Waals surface area contributed by atoms with Crippen molar-refractivity contribution in [2.45, 2.75) is 26.3 Å². The Kier molecular flexibility index (Phi) is 5.50. The Balaban J connectivity index is 3.04. The van der Waals surface area contributed by atoms with E-state index in [1.54, 1.807) is 0 Å². The van der Waals surface area contributed by atoms with E-state index >= 15 is 0 Å². The van der Waals surface area contributed by atoms with E-state index in [-0.39, 0.29) is 30.1 Å². The van der Waals surface area contributed by atoms with Crippen LogP contribution in [0.25, 0.3) is 0 Å². The van der Waals surface area contributed by atoms with Crippen LogP contribution in [0.1, 0.15) is 20.3 Å². The van der Waals surface area contributed by atoms with Crippen LogP contribution in [-0.4, -0.2) is 34.8 Å². The number of nitrogens with zero attached hydrogens (tertiary/aromatic N) is 2. The lowest BCUT2D eigenvalue weighted by Gasteiger charge is -2.22. The Morgan fingerprint density at radius 3 is 2.68 bits per heavy atom. The van der Waals surface area contributed by atoms with Gasteiger partial charge in [0.15, 0.2) is 0 Å². The molecule has 0 bridgehead atoms. The van der Waals surface area contributed by atoms with Crippen molar-refractivity contribution in [3.8, 4) is 5.88 Å². The third-order valence-electron chi connectivity index (χ3n) is 2.82. The zero-order chi connectivity index (χ0) is 14.4. The minimum absolute atomic E-state index is 0.00755. The van der Waals surface area contributed by atoms with Crippen LogP contribution in [0.3, 0.4) is 0 Å². The fourth-order valence-corrected chi connectivity index (χ4v) is 1.69. The van der Waals surface area contributed by atoms with Crippen molar-refractivity contribution >= 4 is 11.5 Å². The fourth-order valence-electron chi connectivity index (χ4n) is 1.69. The molecule has 19 heavy (non-hydrogen) atoms. The lowest BCUT2D eigenvalue weighted by molar-refractivity contribution is -0.384. The highest BCUT2D eigenvalue weighted by Gasteiger charge is 2.21. The molecule has 0 saturated heterocycles. The minimum atomic E-state index is -0.495. The van der Waals surface area contributed by atoms with Gasteiger partial charge in [-0.15, -0.1) is 0 Å². The second-order valence-corrected chi connectivity index (χ2v) is 4.49. The third kappa shape index (κ3) is 4.06. The predicted octanol–water partition coefficient (Wildman–Crippen LogP) is 1.82. The number of aliphatic hydroxyl groups excluding tert-OH is 1. The van der Waals surface area contributed by atoms with Gasteiger partial charge < -0.3 is 15.2 Å². The molecule has 0 saturated carbocycles. The Morgan fingerprint density at radius 2 is 2.21 bits per heavy atom. The SMILES string of the molecule is COc1ccc([N+](=O)[O-])c(NC(CCO)C(C)C)n1. The largest absolute Gasteiger partial charge is 0.481 e. The maximum Gasteiger partial charge on any atom is 0.311 e. The highest BCUT2D eigenvalue weighted by molar-refractivity contribution is 5.57. The smallest absolute Gasteiger partial charge is 0.311 e. The topological polar surface area (TPSA) is 97.5 Å². The van der Waals surface area contributed by atoms with Crippen molar-refractivity contribution in [3.05, 3.63) is 22.2 Å². The Labute approximate surface area is 111 Å². The highest BCUT2D eigenvalue weighted by atomic mass is 16.6. The molecule has 0 aromatic carbocycles. The van der Waals surface area contributed by atoms with Crippen LogP contribution >= 0.6 is 0 Å². The molecule has 1 atom stereocenters. The molecule has 2 N–H and O–H groups in total. The molecule has 0 radical (unpaired) electrons. The number of ether oxygens (including phenoxy) is 1. The van der Waals surface area contributed by atoms with E-state index < -0.39 is 4.92 Å². The van der Waals surface area contributed by atoms with Crippen molar-refractivity contribution in [1.29, 1.82) is 0 Å². The van der Waals surface area contributed by atoms with E-state index in [1.165, 1.54) is 19.2 Å². The molecule has 106 valence electrons. The molecule has 0 aliphatic carbocycles. The molecule has 7 heteroatoms. The molecule has 1 unspecified atom stereocenters. The van der Waals surface area contributed by atoms with Crippen LogP contribution in [-0.2, 0) is 0 Å². The van der Waals surface area contributed by atoms with Gasteiger partial charge in [-0.1, -0.05) is 13.8 Å². The van der Waals surface area contributed by atoms with Gasteiger partial charge in [-0.3, -0.25) is 10.1 Å². The van der Waals surface area contributed by atoms with Crippen molar-refractivity contribution in [1.82, 2.24) is 4.98 Å². The van der Waals surface area contributed by atoms with Crippen molar-refractivity contribution < 1.29 is 14.8 Å². The summed E-state index contributed by atoms with van der Waals surface area (Å²) in [5.74, 6) is 0.677. The van der Waals surface area contributed by atoms with Crippen molar-refractivity contribution in [2.24, 2.45) is 5.92 Å². The standard InChI is InChI=1S/C12H19N3O4/c1-8(2)9(6-7-16)13-12-10(15(17)18)4-5-11(14-12)19-3/h4-5,8-9,16H,6-7H2,1-3H3,(H,13,14). The van der Waals surface area contributed by atoms with E-state index in [9.17, 15) is 10.1 Å². The predicted molar refractivity (Wildman–Crippen MR) is 71.4 cm³/mol. The van der Waals surface area contributed by atoms with E-state index in [1.807, 2.05) is 13.8 Å². The number of anilines is 1. The van der Waals surface area contributed by atoms with Gasteiger partial charge in [0.05, 0.1) is 12.0 Å². The number of methoxy groups -OCH3 is 1. The number of rotatable bonds is 7. The minimum Gasteiger partial charge on any atom is -0.481 e. The normalized spacial score (nSPS) is 12.3. The average Bonchev–Trinajstić information content (AvgIpc) is 2.37. The van der Waals surface area contributed by atoms with Crippen molar-refractivity contribution in [3.63, 3.8) is 0 Å². The number of aromatic nitrogens is 1. The zero-order valence-electron chi connectivity index (χ0n) is 11.3. The Hall–Kier alpha value is -1.89. The van der Waals surface area contributed by atoms with Crippen LogP contribution < -0.4 is 10.1 Å². The van der Waals surface area contributed by atoms with Gasteiger partial charge in [-0.25, -0.2) is 0 Å². The second kappa shape index (κ2) is 6.89. The molecule has 0 fully saturated rings. The Morgan fingerprint density at radius 1 is 1.53 bits per heavy atom. The first kappa shape index (κ1) is 15.2. The van der Waals surface area contributed by atoms with Gasteiger partial charge in [0, 0.05) is 24.8 Å². The monoisotopic (exact) mass is 269 g/mol. The zero-order valence-corrected chi connectivity index (χ0v) is 11.3. The molecular weight excluding hydrogens is 250 g/mol. The summed E-state index contributed by atoms with van der Waals surface area (Å²) >= 11 is 0. The molecule has 0 amide bonds. The van der Waals surface area contributed by atoms with E-state index in [4.69, 9.17) is 9.84 Å². The maximum atomic E-state index is 11.0. The highest BCUT2D eigenvalue weighted by Crippen LogP contribution is 2.26. The summed E-state index contributed by atoms with van der Waals surface area (Å²) in [4.78, 5) is 14.5. The second-order valence-electron chi connectivity index (χ2n) is 4.49. The summed E-state index contributed by atoms with van der Waals surface area (Å²) in [7, 11) is 1.45. The third-order valence-corrected chi connectivity index (χ3v) is 2.82. The summed E-state index contributed by atoms with van der Waals surface area (Å²) in [6.45, 7) is 3.95. The first-order valence-corrected chi connectivity index (χ1v) is 6.06. The van der Waals surface area contributed by atoms with Crippen LogP contribution in [0.5, 0.6) is 5.88 Å². The van der Waals surface area contributed by atoms with Gasteiger partial charge in [0.25, 0.3) is 0 Å². The molecule has 0 aliphatic heterocycles. The number of hydrogen-bond donors (Lipinski definition) is 2. The number of hydrogen-bond acceptors (Lipinski definition) is 6. The van der Waals surface area contributed by atoms with Gasteiger partial charge in [-0.2, -0.15) is 4.98 Å². The lowest BCUT2D eigenvalue weighted by Crippen LogP contribution is -2.27. The van der Waals surface area contributed by atoms with Crippen LogP contribution in [0, 0.1) is 16.0 Å². The van der Waals surface area contributed by atoms with E-state index in [2.05, 4.69) is 10.3 Å². The fraction of sp³-hybridized carbons (Fsp3) is 0.583.